The van der Waals surface area contributed by atoms with Crippen LogP contribution >= 0.6 is 11.6 Å². The largest absolute Gasteiger partial charge is 0.457 e. The molecule has 1 amide bonds. The van der Waals surface area contributed by atoms with Gasteiger partial charge in [0.25, 0.3) is 0 Å². The lowest BCUT2D eigenvalue weighted by molar-refractivity contribution is -0.121. The fraction of sp³-hybridized carbons (Fsp3) is 0.250. The third-order valence-electron chi connectivity index (χ3n) is 8.01. The lowest BCUT2D eigenvalue weighted by Gasteiger charge is -2.26. The quantitative estimate of drug-likeness (QED) is 0.171. The third kappa shape index (κ3) is 7.48. The Morgan fingerprint density at radius 3 is 2.50 bits per heavy atom. The second-order valence-corrected chi connectivity index (χ2v) is 11.5. The van der Waals surface area contributed by atoms with E-state index >= 15 is 0 Å². The second kappa shape index (κ2) is 14.1. The molecule has 1 atom stereocenters. The van der Waals surface area contributed by atoms with Crippen molar-refractivity contribution in [1.82, 2.24) is 14.8 Å². The van der Waals surface area contributed by atoms with Crippen LogP contribution in [0.1, 0.15) is 29.0 Å². The Balaban J connectivity index is 1.30. The maximum Gasteiger partial charge on any atom is 0.220 e. The summed E-state index contributed by atoms with van der Waals surface area (Å²) in [4.78, 5) is 15.8. The van der Waals surface area contributed by atoms with Crippen molar-refractivity contribution >= 4 is 28.4 Å². The number of amides is 1. The number of halogens is 2. The van der Waals surface area contributed by atoms with E-state index in [1.54, 1.807) is 24.3 Å². The minimum absolute atomic E-state index is 0.0114. The molecule has 1 fully saturated rings. The number of carbonyl (C=O) groups is 1. The van der Waals surface area contributed by atoms with Crippen molar-refractivity contribution in [3.05, 3.63) is 131 Å². The number of hydrogen-bond donors (Lipinski definition) is 1. The highest BCUT2D eigenvalue weighted by Gasteiger charge is 2.24. The first kappa shape index (κ1) is 29.9. The predicted octanol–water partition coefficient (Wildman–Crippen LogP) is 7.24. The zero-order chi connectivity index (χ0) is 30.3. The van der Waals surface area contributed by atoms with Crippen LogP contribution < -0.4 is 10.1 Å². The summed E-state index contributed by atoms with van der Waals surface area (Å²) in [7, 11) is 0. The minimum Gasteiger partial charge on any atom is -0.457 e. The normalized spacial score (nSPS) is 14.4. The molecule has 0 spiro atoms. The van der Waals surface area contributed by atoms with Crippen LogP contribution in [0.2, 0.25) is 5.02 Å². The molecule has 0 unspecified atom stereocenters. The van der Waals surface area contributed by atoms with E-state index in [1.807, 2.05) is 48.5 Å². The standard InChI is InChI=1S/C36H35ClFN3O3/c37-28-10-14-30(15-11-28)44-31-5-3-4-27(22-31)33(23-36(42)39-16-17-40-18-20-43-21-19-40)34-25-41(35-7-2-1-6-32(34)35)24-26-8-12-29(38)13-9-26/h1-15,22,25,33H,16-21,23-24H2,(H,39,42)/t33-/m0/s1. The second-order valence-electron chi connectivity index (χ2n) is 11.0. The van der Waals surface area contributed by atoms with Crippen molar-refractivity contribution in [3.8, 4) is 11.5 Å². The summed E-state index contributed by atoms with van der Waals surface area (Å²) in [6.45, 7) is 5.18. The molecule has 5 aromatic rings. The molecule has 4 aromatic carbocycles. The first-order chi connectivity index (χ1) is 21.5. The smallest absolute Gasteiger partial charge is 0.220 e. The molecule has 1 aliphatic rings. The molecule has 0 saturated carbocycles. The van der Waals surface area contributed by atoms with Crippen molar-refractivity contribution in [2.75, 3.05) is 39.4 Å². The van der Waals surface area contributed by atoms with Crippen molar-refractivity contribution < 1.29 is 18.7 Å². The average Bonchev–Trinajstić information content (AvgIpc) is 3.40. The van der Waals surface area contributed by atoms with Crippen LogP contribution in [0.15, 0.2) is 103 Å². The molecule has 6 rings (SSSR count). The summed E-state index contributed by atoms with van der Waals surface area (Å²) in [5.74, 6) is 0.860. The average molecular weight is 612 g/mol. The maximum absolute atomic E-state index is 13.6. The number of hydrogen-bond acceptors (Lipinski definition) is 4. The Labute approximate surface area is 262 Å². The van der Waals surface area contributed by atoms with E-state index in [9.17, 15) is 9.18 Å². The molecule has 6 nitrogen and oxygen atoms in total. The van der Waals surface area contributed by atoms with Crippen LogP contribution in [0, 0.1) is 5.82 Å². The molecule has 1 saturated heterocycles. The molecule has 1 aromatic heterocycles. The summed E-state index contributed by atoms with van der Waals surface area (Å²) in [5.41, 5.74) is 4.08. The van der Waals surface area contributed by atoms with Crippen molar-refractivity contribution in [1.29, 1.82) is 0 Å². The van der Waals surface area contributed by atoms with Gasteiger partial charge >= 0.3 is 0 Å². The highest BCUT2D eigenvalue weighted by atomic mass is 35.5. The molecule has 0 bridgehead atoms. The highest BCUT2D eigenvalue weighted by Crippen LogP contribution is 2.37. The number of aromatic nitrogens is 1. The molecular weight excluding hydrogens is 577 g/mol. The maximum atomic E-state index is 13.6. The molecule has 1 N–H and O–H groups in total. The molecule has 2 heterocycles. The van der Waals surface area contributed by atoms with E-state index in [4.69, 9.17) is 21.1 Å². The molecule has 226 valence electrons. The molecule has 1 aliphatic heterocycles. The topological polar surface area (TPSA) is 55.7 Å². The summed E-state index contributed by atoms with van der Waals surface area (Å²) in [5, 5.41) is 4.87. The van der Waals surface area contributed by atoms with Crippen molar-refractivity contribution in [3.63, 3.8) is 0 Å². The van der Waals surface area contributed by atoms with Gasteiger partial charge in [0.05, 0.1) is 13.2 Å². The Bertz CT molecular complexity index is 1700. The number of rotatable bonds is 11. The number of benzene rings is 4. The summed E-state index contributed by atoms with van der Waals surface area (Å²) in [6.07, 6.45) is 2.41. The summed E-state index contributed by atoms with van der Waals surface area (Å²) >= 11 is 6.07. The van der Waals surface area contributed by atoms with Crippen LogP contribution in [-0.4, -0.2) is 54.8 Å². The Morgan fingerprint density at radius 1 is 0.932 bits per heavy atom. The Kier molecular flexibility index (Phi) is 9.56. The fourth-order valence-electron chi connectivity index (χ4n) is 5.75. The molecule has 0 radical (unpaired) electrons. The number of carbonyl (C=O) groups excluding carboxylic acids is 1. The van der Waals surface area contributed by atoms with E-state index in [-0.39, 0.29) is 24.1 Å². The van der Waals surface area contributed by atoms with Gasteiger partial charge in [0.1, 0.15) is 17.3 Å². The van der Waals surface area contributed by atoms with Gasteiger partial charge in [0.15, 0.2) is 0 Å². The highest BCUT2D eigenvalue weighted by molar-refractivity contribution is 6.30. The van der Waals surface area contributed by atoms with Gasteiger partial charge in [-0.3, -0.25) is 9.69 Å². The van der Waals surface area contributed by atoms with Gasteiger partial charge in [0, 0.05) is 67.2 Å². The minimum atomic E-state index is -0.257. The molecule has 44 heavy (non-hydrogen) atoms. The number of morpholine rings is 1. The monoisotopic (exact) mass is 611 g/mol. The Hall–Kier alpha value is -4.17. The predicted molar refractivity (Wildman–Crippen MR) is 172 cm³/mol. The first-order valence-electron chi connectivity index (χ1n) is 14.9. The zero-order valence-electron chi connectivity index (χ0n) is 24.4. The lowest BCUT2D eigenvalue weighted by atomic mass is 9.88. The van der Waals surface area contributed by atoms with Gasteiger partial charge in [-0.1, -0.05) is 54.1 Å². The van der Waals surface area contributed by atoms with E-state index in [0.717, 1.165) is 60.4 Å². The summed E-state index contributed by atoms with van der Waals surface area (Å²) in [6, 6.07) is 30.0. The lowest BCUT2D eigenvalue weighted by Crippen LogP contribution is -2.41. The van der Waals surface area contributed by atoms with E-state index in [1.165, 1.54) is 12.1 Å². The number of fused-ring (bicyclic) bond motifs is 1. The zero-order valence-corrected chi connectivity index (χ0v) is 25.2. The van der Waals surface area contributed by atoms with Gasteiger partial charge < -0.3 is 19.4 Å². The van der Waals surface area contributed by atoms with Gasteiger partial charge in [-0.25, -0.2) is 4.39 Å². The van der Waals surface area contributed by atoms with Crippen molar-refractivity contribution in [2.45, 2.75) is 18.9 Å². The van der Waals surface area contributed by atoms with Crippen LogP contribution in [-0.2, 0) is 16.1 Å². The van der Waals surface area contributed by atoms with Crippen molar-refractivity contribution in [2.24, 2.45) is 0 Å². The van der Waals surface area contributed by atoms with Crippen LogP contribution in [0.25, 0.3) is 10.9 Å². The van der Waals surface area contributed by atoms with Crippen LogP contribution in [0.4, 0.5) is 4.39 Å². The molecule has 0 aliphatic carbocycles. The fourth-order valence-corrected chi connectivity index (χ4v) is 5.87. The number of para-hydroxylation sites is 1. The van der Waals surface area contributed by atoms with E-state index in [2.05, 4.69) is 33.1 Å². The van der Waals surface area contributed by atoms with E-state index in [0.29, 0.717) is 29.6 Å². The van der Waals surface area contributed by atoms with Crippen LogP contribution in [0.3, 0.4) is 0 Å². The SMILES string of the molecule is O=C(C[C@@H](c1cccc(Oc2ccc(Cl)cc2)c1)c1cn(Cc2ccc(F)cc2)c2ccccc12)NCCN1CCOCC1. The number of nitrogens with zero attached hydrogens (tertiary/aromatic N) is 2. The Morgan fingerprint density at radius 2 is 1.70 bits per heavy atom. The molecule has 8 heteroatoms. The van der Waals surface area contributed by atoms with Crippen LogP contribution in [0.5, 0.6) is 11.5 Å². The number of ether oxygens (including phenoxy) is 2. The first-order valence-corrected chi connectivity index (χ1v) is 15.3. The van der Waals surface area contributed by atoms with E-state index < -0.39 is 0 Å². The van der Waals surface area contributed by atoms with Gasteiger partial charge in [-0.15, -0.1) is 0 Å². The third-order valence-corrected chi connectivity index (χ3v) is 8.27. The summed E-state index contributed by atoms with van der Waals surface area (Å²) < 4.78 is 27.4. The van der Waals surface area contributed by atoms with Gasteiger partial charge in [0.2, 0.25) is 5.91 Å². The molecular formula is C36H35ClFN3O3. The van der Waals surface area contributed by atoms with Gasteiger partial charge in [-0.05, 0) is 71.3 Å². The van der Waals surface area contributed by atoms with Gasteiger partial charge in [-0.2, -0.15) is 0 Å². The number of nitrogens with one attached hydrogen (secondary N) is 1.